The van der Waals surface area contributed by atoms with Crippen molar-refractivity contribution in [3.63, 3.8) is 0 Å². The summed E-state index contributed by atoms with van der Waals surface area (Å²) >= 11 is 0. The molecule has 20 heavy (non-hydrogen) atoms. The average molecular weight is 297 g/mol. The van der Waals surface area contributed by atoms with E-state index in [1.807, 2.05) is 13.8 Å². The van der Waals surface area contributed by atoms with Gasteiger partial charge in [0.2, 0.25) is 10.0 Å². The van der Waals surface area contributed by atoms with E-state index in [1.54, 1.807) is 18.5 Å². The van der Waals surface area contributed by atoms with Gasteiger partial charge in [-0.25, -0.2) is 13.1 Å². The van der Waals surface area contributed by atoms with Crippen LogP contribution in [-0.2, 0) is 23.1 Å². The maximum Gasteiger partial charge on any atom is 0.242 e. The molecule has 7 nitrogen and oxygen atoms in total. The summed E-state index contributed by atoms with van der Waals surface area (Å²) in [6, 6.07) is 1.98. The number of hydrogen-bond acceptors (Lipinski definition) is 4. The predicted octanol–water partition coefficient (Wildman–Crippen LogP) is 0.714. The number of rotatable bonds is 7. The van der Waals surface area contributed by atoms with Crippen molar-refractivity contribution < 1.29 is 8.42 Å². The molecule has 0 bridgehead atoms. The number of hydrogen-bond donors (Lipinski definition) is 4. The molecule has 0 aliphatic rings. The summed E-state index contributed by atoms with van der Waals surface area (Å²) in [6.45, 7) is 4.89. The molecule has 0 amide bonds. The third-order valence-corrected chi connectivity index (χ3v) is 4.13. The topological polar surface area (TPSA) is 103 Å². The van der Waals surface area contributed by atoms with Gasteiger partial charge in [-0.2, -0.15) is 5.10 Å². The summed E-state index contributed by atoms with van der Waals surface area (Å²) in [5, 5.41) is 9.63. The largest absolute Gasteiger partial charge is 0.363 e. The van der Waals surface area contributed by atoms with Gasteiger partial charge in [-0.1, -0.05) is 13.8 Å². The zero-order chi connectivity index (χ0) is 14.6. The van der Waals surface area contributed by atoms with Crippen molar-refractivity contribution >= 4 is 10.0 Å². The second-order valence-corrected chi connectivity index (χ2v) is 6.59. The van der Waals surface area contributed by atoms with Crippen LogP contribution in [0, 0.1) is 0 Å². The van der Waals surface area contributed by atoms with Crippen molar-refractivity contribution in [1.29, 1.82) is 0 Å². The van der Waals surface area contributed by atoms with E-state index in [2.05, 4.69) is 25.2 Å². The molecule has 0 fully saturated rings. The number of aromatic amines is 2. The van der Waals surface area contributed by atoms with Crippen LogP contribution in [0.25, 0.3) is 0 Å². The molecule has 110 valence electrons. The molecular formula is C12H19N5O2S. The molecule has 0 aliphatic carbocycles. The highest BCUT2D eigenvalue weighted by molar-refractivity contribution is 7.89. The van der Waals surface area contributed by atoms with Gasteiger partial charge < -0.3 is 10.3 Å². The second kappa shape index (κ2) is 6.21. The first kappa shape index (κ1) is 14.8. The van der Waals surface area contributed by atoms with E-state index in [9.17, 15) is 8.42 Å². The van der Waals surface area contributed by atoms with Gasteiger partial charge in [0.15, 0.2) is 0 Å². The van der Waals surface area contributed by atoms with Crippen LogP contribution < -0.4 is 10.0 Å². The van der Waals surface area contributed by atoms with Crippen LogP contribution in [0.4, 0.5) is 0 Å². The highest BCUT2D eigenvalue weighted by Gasteiger charge is 2.15. The number of aromatic nitrogens is 3. The van der Waals surface area contributed by atoms with E-state index >= 15 is 0 Å². The van der Waals surface area contributed by atoms with Gasteiger partial charge in [0, 0.05) is 42.8 Å². The van der Waals surface area contributed by atoms with Gasteiger partial charge in [0.05, 0.1) is 11.1 Å². The van der Waals surface area contributed by atoms with E-state index in [-0.39, 0.29) is 11.4 Å². The van der Waals surface area contributed by atoms with Crippen molar-refractivity contribution in [2.45, 2.75) is 37.9 Å². The van der Waals surface area contributed by atoms with E-state index in [1.165, 1.54) is 6.20 Å². The first-order chi connectivity index (χ1) is 9.47. The van der Waals surface area contributed by atoms with Gasteiger partial charge in [0.25, 0.3) is 0 Å². The third-order valence-electron chi connectivity index (χ3n) is 2.75. The van der Waals surface area contributed by atoms with Crippen molar-refractivity contribution in [1.82, 2.24) is 25.2 Å². The van der Waals surface area contributed by atoms with Crippen LogP contribution in [0.2, 0.25) is 0 Å². The summed E-state index contributed by atoms with van der Waals surface area (Å²) in [5.74, 6) is 0. The Morgan fingerprint density at radius 2 is 2.10 bits per heavy atom. The van der Waals surface area contributed by atoms with Gasteiger partial charge in [0.1, 0.15) is 0 Å². The number of nitrogens with one attached hydrogen (secondary N) is 4. The lowest BCUT2D eigenvalue weighted by molar-refractivity contribution is 0.580. The smallest absolute Gasteiger partial charge is 0.242 e. The van der Waals surface area contributed by atoms with Crippen molar-refractivity contribution in [3.8, 4) is 0 Å². The summed E-state index contributed by atoms with van der Waals surface area (Å²) in [5.41, 5.74) is 1.62. The van der Waals surface area contributed by atoms with Crippen molar-refractivity contribution in [2.24, 2.45) is 0 Å². The molecule has 0 unspecified atom stereocenters. The standard InChI is InChI=1S/C12H19N5O2S/c1-9(2)13-7-11-3-12(8-14-11)20(18,19)17-6-10-4-15-16-5-10/h3-5,8-9,13-14,17H,6-7H2,1-2H3,(H,15,16). The van der Waals surface area contributed by atoms with E-state index < -0.39 is 10.0 Å². The van der Waals surface area contributed by atoms with Crippen molar-refractivity contribution in [2.75, 3.05) is 0 Å². The SMILES string of the molecule is CC(C)NCc1cc(S(=O)(=O)NCc2cn[nH]c2)c[nH]1. The lowest BCUT2D eigenvalue weighted by Crippen LogP contribution is -2.23. The molecule has 0 saturated heterocycles. The van der Waals surface area contributed by atoms with Gasteiger partial charge in [-0.05, 0) is 6.07 Å². The molecule has 4 N–H and O–H groups in total. The molecule has 0 spiro atoms. The third kappa shape index (κ3) is 3.92. The Morgan fingerprint density at radius 1 is 1.30 bits per heavy atom. The molecule has 0 aromatic carbocycles. The Hall–Kier alpha value is -1.64. The monoisotopic (exact) mass is 297 g/mol. The first-order valence-electron chi connectivity index (χ1n) is 6.35. The molecule has 0 atom stereocenters. The zero-order valence-corrected chi connectivity index (χ0v) is 12.3. The Kier molecular flexibility index (Phi) is 4.58. The minimum absolute atomic E-state index is 0.212. The molecular weight excluding hydrogens is 278 g/mol. The number of H-pyrrole nitrogens is 2. The van der Waals surface area contributed by atoms with Gasteiger partial charge in [-0.3, -0.25) is 5.10 Å². The minimum Gasteiger partial charge on any atom is -0.363 e. The molecule has 0 radical (unpaired) electrons. The second-order valence-electron chi connectivity index (χ2n) is 4.83. The first-order valence-corrected chi connectivity index (χ1v) is 7.83. The Labute approximate surface area is 118 Å². The fraction of sp³-hybridized carbons (Fsp3) is 0.417. The molecule has 2 aromatic heterocycles. The molecule has 0 aliphatic heterocycles. The Bertz CT molecular complexity index is 631. The minimum atomic E-state index is -3.50. The van der Waals surface area contributed by atoms with E-state index in [0.29, 0.717) is 12.6 Å². The van der Waals surface area contributed by atoms with E-state index in [4.69, 9.17) is 0 Å². The summed E-state index contributed by atoms with van der Waals surface area (Å²) in [7, 11) is -3.50. The zero-order valence-electron chi connectivity index (χ0n) is 11.5. The lowest BCUT2D eigenvalue weighted by Gasteiger charge is -2.05. The fourth-order valence-corrected chi connectivity index (χ4v) is 2.66. The van der Waals surface area contributed by atoms with Gasteiger partial charge >= 0.3 is 0 Å². The van der Waals surface area contributed by atoms with Crippen LogP contribution in [-0.4, -0.2) is 29.6 Å². The fourth-order valence-electron chi connectivity index (χ4n) is 1.63. The van der Waals surface area contributed by atoms with Crippen LogP contribution in [0.5, 0.6) is 0 Å². The van der Waals surface area contributed by atoms with Crippen molar-refractivity contribution in [3.05, 3.63) is 35.9 Å². The van der Waals surface area contributed by atoms with Crippen LogP contribution in [0.15, 0.2) is 29.6 Å². The Balaban J connectivity index is 1.98. The van der Waals surface area contributed by atoms with Crippen LogP contribution >= 0.6 is 0 Å². The maximum absolute atomic E-state index is 12.1. The molecule has 2 heterocycles. The quantitative estimate of drug-likeness (QED) is 0.604. The number of nitrogens with zero attached hydrogens (tertiary/aromatic N) is 1. The van der Waals surface area contributed by atoms with Crippen LogP contribution in [0.1, 0.15) is 25.1 Å². The summed E-state index contributed by atoms with van der Waals surface area (Å²) in [6.07, 6.45) is 4.73. The normalized spacial score (nSPS) is 12.2. The highest BCUT2D eigenvalue weighted by atomic mass is 32.2. The summed E-state index contributed by atoms with van der Waals surface area (Å²) in [4.78, 5) is 3.20. The van der Waals surface area contributed by atoms with Crippen LogP contribution in [0.3, 0.4) is 0 Å². The molecule has 2 rings (SSSR count). The molecule has 0 saturated carbocycles. The molecule has 8 heteroatoms. The average Bonchev–Trinajstić information content (AvgIpc) is 3.05. The summed E-state index contributed by atoms with van der Waals surface area (Å²) < 4.78 is 26.7. The predicted molar refractivity (Wildman–Crippen MR) is 75.4 cm³/mol. The maximum atomic E-state index is 12.1. The Morgan fingerprint density at radius 3 is 2.75 bits per heavy atom. The van der Waals surface area contributed by atoms with Gasteiger partial charge in [-0.15, -0.1) is 0 Å². The molecule has 2 aromatic rings. The lowest BCUT2D eigenvalue weighted by atomic mass is 10.3. The highest BCUT2D eigenvalue weighted by Crippen LogP contribution is 2.11. The van der Waals surface area contributed by atoms with E-state index in [0.717, 1.165) is 11.3 Å². The number of sulfonamides is 1.